The zero-order valence-corrected chi connectivity index (χ0v) is 14.1. The molecule has 128 valence electrons. The second kappa shape index (κ2) is 6.72. The minimum Gasteiger partial charge on any atom is -0.496 e. The Labute approximate surface area is 150 Å². The highest BCUT2D eigenvalue weighted by Gasteiger charge is 2.12. The van der Waals surface area contributed by atoms with Gasteiger partial charge in [0.05, 0.1) is 24.6 Å². The number of hydrogen-bond acceptors (Lipinski definition) is 4. The van der Waals surface area contributed by atoms with Crippen LogP contribution in [0.4, 0.5) is 5.69 Å². The van der Waals surface area contributed by atoms with E-state index >= 15 is 0 Å². The van der Waals surface area contributed by atoms with Crippen LogP contribution in [-0.4, -0.2) is 18.0 Å². The minimum absolute atomic E-state index is 0.259. The van der Waals surface area contributed by atoms with E-state index in [4.69, 9.17) is 14.1 Å². The van der Waals surface area contributed by atoms with E-state index in [9.17, 15) is 4.79 Å². The van der Waals surface area contributed by atoms with Gasteiger partial charge in [0.15, 0.2) is 5.76 Å². The molecule has 5 nitrogen and oxygen atoms in total. The number of fused-ring (bicyclic) bond motifs is 1. The summed E-state index contributed by atoms with van der Waals surface area (Å²) < 4.78 is 10.7. The first-order valence-corrected chi connectivity index (χ1v) is 8.13. The lowest BCUT2D eigenvalue weighted by atomic mass is 10.1. The molecule has 1 N–H and O–H groups in total. The van der Waals surface area contributed by atoms with Crippen molar-refractivity contribution >= 4 is 22.5 Å². The molecule has 5 heteroatoms. The van der Waals surface area contributed by atoms with Crippen molar-refractivity contribution in [3.63, 3.8) is 0 Å². The number of nitrogens with zero attached hydrogens (tertiary/aromatic N) is 1. The number of anilines is 1. The Hall–Kier alpha value is -3.60. The van der Waals surface area contributed by atoms with Crippen LogP contribution in [-0.2, 0) is 0 Å². The van der Waals surface area contributed by atoms with Crippen LogP contribution in [0.25, 0.3) is 22.2 Å². The lowest BCUT2D eigenvalue weighted by Crippen LogP contribution is -2.10. The average molecular weight is 344 g/mol. The van der Waals surface area contributed by atoms with Gasteiger partial charge in [0.25, 0.3) is 5.91 Å². The Morgan fingerprint density at radius 3 is 2.62 bits per heavy atom. The molecule has 0 atom stereocenters. The van der Waals surface area contributed by atoms with Gasteiger partial charge in [0.2, 0.25) is 0 Å². The Balaban J connectivity index is 1.73. The summed E-state index contributed by atoms with van der Waals surface area (Å²) in [6, 6.07) is 20.6. The smallest absolute Gasteiger partial charge is 0.291 e. The number of aromatic nitrogens is 1. The average Bonchev–Trinajstić information content (AvgIpc) is 3.23. The van der Waals surface area contributed by atoms with E-state index in [2.05, 4.69) is 5.32 Å². The SMILES string of the molecule is COc1cc(-c2ccccc2)nc2ccc(NC(=O)c3ccco3)cc12. The maximum absolute atomic E-state index is 12.2. The maximum atomic E-state index is 12.2. The fourth-order valence-electron chi connectivity index (χ4n) is 2.80. The first-order valence-electron chi connectivity index (χ1n) is 8.13. The van der Waals surface area contributed by atoms with Gasteiger partial charge in [-0.3, -0.25) is 4.79 Å². The molecule has 4 rings (SSSR count). The van der Waals surface area contributed by atoms with Crippen LogP contribution in [0.1, 0.15) is 10.6 Å². The van der Waals surface area contributed by atoms with E-state index in [1.54, 1.807) is 19.2 Å². The van der Waals surface area contributed by atoms with E-state index in [0.29, 0.717) is 11.4 Å². The van der Waals surface area contributed by atoms with Crippen molar-refractivity contribution in [2.45, 2.75) is 0 Å². The summed E-state index contributed by atoms with van der Waals surface area (Å²) in [4.78, 5) is 16.9. The van der Waals surface area contributed by atoms with E-state index in [-0.39, 0.29) is 11.7 Å². The molecule has 26 heavy (non-hydrogen) atoms. The standard InChI is InChI=1S/C21H16N2O3/c1-25-20-13-18(14-6-3-2-4-7-14)23-17-10-9-15(12-16(17)20)22-21(24)19-8-5-11-26-19/h2-13H,1H3,(H,22,24). The van der Waals surface area contributed by atoms with Crippen LogP contribution in [0.2, 0.25) is 0 Å². The predicted molar refractivity (Wildman–Crippen MR) is 100 cm³/mol. The highest BCUT2D eigenvalue weighted by Crippen LogP contribution is 2.31. The molecular formula is C21H16N2O3. The maximum Gasteiger partial charge on any atom is 0.291 e. The molecular weight excluding hydrogens is 328 g/mol. The third-order valence-corrected chi connectivity index (χ3v) is 4.06. The molecule has 0 radical (unpaired) electrons. The fraction of sp³-hybridized carbons (Fsp3) is 0.0476. The van der Waals surface area contributed by atoms with Gasteiger partial charge in [-0.25, -0.2) is 4.98 Å². The summed E-state index contributed by atoms with van der Waals surface area (Å²) in [6.07, 6.45) is 1.47. The molecule has 0 spiro atoms. The molecule has 4 aromatic rings. The van der Waals surface area contributed by atoms with Crippen LogP contribution in [0.5, 0.6) is 5.75 Å². The number of amides is 1. The molecule has 0 saturated heterocycles. The molecule has 0 aliphatic rings. The summed E-state index contributed by atoms with van der Waals surface area (Å²) in [7, 11) is 1.62. The van der Waals surface area contributed by atoms with E-state index in [1.165, 1.54) is 6.26 Å². The van der Waals surface area contributed by atoms with Gasteiger partial charge in [-0.1, -0.05) is 30.3 Å². The number of furan rings is 1. The molecule has 1 amide bonds. The predicted octanol–water partition coefficient (Wildman–Crippen LogP) is 4.76. The summed E-state index contributed by atoms with van der Waals surface area (Å²) in [5, 5.41) is 3.64. The van der Waals surface area contributed by atoms with E-state index < -0.39 is 0 Å². The van der Waals surface area contributed by atoms with Crippen molar-refractivity contribution in [1.82, 2.24) is 4.98 Å². The largest absolute Gasteiger partial charge is 0.496 e. The lowest BCUT2D eigenvalue weighted by Gasteiger charge is -2.11. The number of carbonyl (C=O) groups excluding carboxylic acids is 1. The number of rotatable bonds is 4. The van der Waals surface area contributed by atoms with Crippen molar-refractivity contribution in [1.29, 1.82) is 0 Å². The number of carbonyl (C=O) groups is 1. The lowest BCUT2D eigenvalue weighted by molar-refractivity contribution is 0.0996. The molecule has 0 aliphatic carbocycles. The van der Waals surface area contributed by atoms with Crippen molar-refractivity contribution in [2.24, 2.45) is 0 Å². The molecule has 0 bridgehead atoms. The highest BCUT2D eigenvalue weighted by molar-refractivity contribution is 6.03. The Morgan fingerprint density at radius 2 is 1.88 bits per heavy atom. The number of methoxy groups -OCH3 is 1. The quantitative estimate of drug-likeness (QED) is 0.580. The van der Waals surface area contributed by atoms with Crippen molar-refractivity contribution in [2.75, 3.05) is 12.4 Å². The van der Waals surface area contributed by atoms with Gasteiger partial charge in [-0.05, 0) is 30.3 Å². The normalized spacial score (nSPS) is 10.7. The molecule has 2 aromatic heterocycles. The zero-order valence-electron chi connectivity index (χ0n) is 14.1. The number of hydrogen-bond donors (Lipinski definition) is 1. The van der Waals surface area contributed by atoms with Crippen molar-refractivity contribution < 1.29 is 13.9 Å². The second-order valence-electron chi connectivity index (χ2n) is 5.74. The first-order chi connectivity index (χ1) is 12.7. The van der Waals surface area contributed by atoms with Crippen molar-refractivity contribution in [3.05, 3.63) is 78.8 Å². The minimum atomic E-state index is -0.304. The number of benzene rings is 2. The van der Waals surface area contributed by atoms with Crippen molar-refractivity contribution in [3.8, 4) is 17.0 Å². The Bertz CT molecular complexity index is 1060. The number of pyridine rings is 1. The van der Waals surface area contributed by atoms with E-state index in [1.807, 2.05) is 54.6 Å². The van der Waals surface area contributed by atoms with Gasteiger partial charge in [0, 0.05) is 22.7 Å². The highest BCUT2D eigenvalue weighted by atomic mass is 16.5. The van der Waals surface area contributed by atoms with Crippen LogP contribution >= 0.6 is 0 Å². The zero-order chi connectivity index (χ0) is 17.9. The summed E-state index contributed by atoms with van der Waals surface area (Å²) in [5.74, 6) is 0.653. The van der Waals surface area contributed by atoms with Gasteiger partial charge in [0.1, 0.15) is 5.75 Å². The third kappa shape index (κ3) is 3.02. The number of ether oxygens (including phenoxy) is 1. The summed E-state index contributed by atoms with van der Waals surface area (Å²) in [5.41, 5.74) is 3.29. The second-order valence-corrected chi connectivity index (χ2v) is 5.74. The number of nitrogens with one attached hydrogen (secondary N) is 1. The topological polar surface area (TPSA) is 64.4 Å². The molecule has 0 fully saturated rings. The Morgan fingerprint density at radius 1 is 1.04 bits per heavy atom. The molecule has 2 aromatic carbocycles. The third-order valence-electron chi connectivity index (χ3n) is 4.06. The first kappa shape index (κ1) is 15.9. The van der Waals surface area contributed by atoms with Gasteiger partial charge in [-0.2, -0.15) is 0 Å². The molecule has 0 saturated carbocycles. The monoisotopic (exact) mass is 344 g/mol. The molecule has 0 unspecified atom stereocenters. The molecule has 2 heterocycles. The van der Waals surface area contributed by atoms with Crippen LogP contribution in [0.3, 0.4) is 0 Å². The molecule has 0 aliphatic heterocycles. The van der Waals surface area contributed by atoms with Crippen LogP contribution in [0, 0.1) is 0 Å². The fourth-order valence-corrected chi connectivity index (χ4v) is 2.80. The van der Waals surface area contributed by atoms with E-state index in [0.717, 1.165) is 22.2 Å². The van der Waals surface area contributed by atoms with Gasteiger partial charge < -0.3 is 14.5 Å². The van der Waals surface area contributed by atoms with Gasteiger partial charge >= 0.3 is 0 Å². The van der Waals surface area contributed by atoms with Crippen LogP contribution < -0.4 is 10.1 Å². The summed E-state index contributed by atoms with van der Waals surface area (Å²) in [6.45, 7) is 0. The summed E-state index contributed by atoms with van der Waals surface area (Å²) >= 11 is 0. The van der Waals surface area contributed by atoms with Crippen LogP contribution in [0.15, 0.2) is 77.4 Å². The Kier molecular flexibility index (Phi) is 4.11. The van der Waals surface area contributed by atoms with Gasteiger partial charge in [-0.15, -0.1) is 0 Å².